The number of hydrogen-bond donors (Lipinski definition) is 1. The molecule has 1 heterocycles. The van der Waals surface area contributed by atoms with Crippen LogP contribution in [0.1, 0.15) is 56.3 Å². The van der Waals surface area contributed by atoms with E-state index >= 15 is 0 Å². The van der Waals surface area contributed by atoms with Crippen molar-refractivity contribution in [2.75, 3.05) is 6.61 Å². The molecule has 6 heteroatoms. The lowest BCUT2D eigenvalue weighted by Gasteiger charge is -2.12. The van der Waals surface area contributed by atoms with E-state index in [-0.39, 0.29) is 23.6 Å². The number of Topliss-reactive ketones (excluding diaryl/α,β-unsaturated/α-hetero) is 1. The third-order valence-electron chi connectivity index (χ3n) is 3.83. The van der Waals surface area contributed by atoms with Crippen LogP contribution >= 0.6 is 0 Å². The molecule has 2 aromatic rings. The highest BCUT2D eigenvalue weighted by Gasteiger charge is 2.26. The van der Waals surface area contributed by atoms with Crippen LogP contribution in [0.25, 0.3) is 0 Å². The number of carbonyl (C=O) groups excluding carboxylic acids is 3. The Bertz CT molecular complexity index is 792. The van der Waals surface area contributed by atoms with Crippen LogP contribution in [-0.4, -0.2) is 35.4 Å². The Morgan fingerprint density at radius 3 is 2.32 bits per heavy atom. The predicted molar refractivity (Wildman–Crippen MR) is 91.9 cm³/mol. The summed E-state index contributed by atoms with van der Waals surface area (Å²) in [5.41, 5.74) is 1.87. The highest BCUT2D eigenvalue weighted by Crippen LogP contribution is 2.21. The summed E-state index contributed by atoms with van der Waals surface area (Å²) in [7, 11) is 0. The van der Waals surface area contributed by atoms with Crippen molar-refractivity contribution in [2.45, 2.75) is 33.8 Å². The van der Waals surface area contributed by atoms with Crippen molar-refractivity contribution in [3.05, 3.63) is 58.4 Å². The van der Waals surface area contributed by atoms with Crippen LogP contribution < -0.4 is 0 Å². The number of carbonyl (C=O) groups is 3. The van der Waals surface area contributed by atoms with Crippen LogP contribution in [0, 0.1) is 13.8 Å². The summed E-state index contributed by atoms with van der Waals surface area (Å²) in [4.78, 5) is 39.6. The van der Waals surface area contributed by atoms with Crippen molar-refractivity contribution in [3.63, 3.8) is 0 Å². The Morgan fingerprint density at radius 2 is 1.72 bits per heavy atom. The molecule has 1 aromatic carbocycles. The number of H-pyrrole nitrogens is 1. The molecule has 0 aliphatic heterocycles. The third-order valence-corrected chi connectivity index (χ3v) is 3.83. The summed E-state index contributed by atoms with van der Waals surface area (Å²) in [6, 6.07) is 8.62. The lowest BCUT2D eigenvalue weighted by Crippen LogP contribution is -2.25. The molecule has 0 amide bonds. The van der Waals surface area contributed by atoms with Gasteiger partial charge in [0.1, 0.15) is 5.69 Å². The maximum atomic E-state index is 12.5. The van der Waals surface area contributed by atoms with Crippen molar-refractivity contribution in [1.29, 1.82) is 0 Å². The first kappa shape index (κ1) is 18.4. The molecule has 1 aromatic heterocycles. The average Bonchev–Trinajstić information content (AvgIpc) is 2.89. The molecule has 0 aliphatic carbocycles. The number of nitrogens with one attached hydrogen (secondary N) is 1. The zero-order valence-electron chi connectivity index (χ0n) is 14.7. The fourth-order valence-electron chi connectivity index (χ4n) is 2.57. The van der Waals surface area contributed by atoms with Crippen LogP contribution in [0.3, 0.4) is 0 Å². The van der Waals surface area contributed by atoms with Gasteiger partial charge in [-0.3, -0.25) is 4.79 Å². The maximum absolute atomic E-state index is 12.5. The van der Waals surface area contributed by atoms with Crippen molar-refractivity contribution in [3.8, 4) is 0 Å². The summed E-state index contributed by atoms with van der Waals surface area (Å²) < 4.78 is 10.3. The minimum Gasteiger partial charge on any atom is -0.461 e. The molecular formula is C19H21NO5. The molecule has 0 spiro atoms. The molecule has 0 unspecified atom stereocenters. The Hall–Kier alpha value is -2.89. The second kappa shape index (κ2) is 7.79. The van der Waals surface area contributed by atoms with Crippen LogP contribution in [0.2, 0.25) is 0 Å². The zero-order valence-corrected chi connectivity index (χ0v) is 14.7. The van der Waals surface area contributed by atoms with Gasteiger partial charge in [0.05, 0.1) is 12.2 Å². The third kappa shape index (κ3) is 3.96. The van der Waals surface area contributed by atoms with E-state index in [0.29, 0.717) is 16.8 Å². The summed E-state index contributed by atoms with van der Waals surface area (Å²) in [5, 5.41) is 0. The normalized spacial score (nSPS) is 11.7. The molecule has 0 radical (unpaired) electrons. The number of ketones is 1. The van der Waals surface area contributed by atoms with E-state index in [0.717, 1.165) is 0 Å². The number of aromatic nitrogens is 1. The van der Waals surface area contributed by atoms with E-state index in [1.54, 1.807) is 51.1 Å². The zero-order chi connectivity index (χ0) is 18.6. The SMILES string of the molecule is CCOC(=O)c1[nH]c(C)c(C(=O)O[C@H](C)C(=O)c2ccccc2)c1C. The van der Waals surface area contributed by atoms with Crippen molar-refractivity contribution in [2.24, 2.45) is 0 Å². The van der Waals surface area contributed by atoms with Crippen molar-refractivity contribution >= 4 is 17.7 Å². The average molecular weight is 343 g/mol. The van der Waals surface area contributed by atoms with Gasteiger partial charge in [-0.25, -0.2) is 9.59 Å². The number of benzene rings is 1. The topological polar surface area (TPSA) is 85.5 Å². The Balaban J connectivity index is 2.18. The van der Waals surface area contributed by atoms with Gasteiger partial charge in [-0.15, -0.1) is 0 Å². The predicted octanol–water partition coefficient (Wildman–Crippen LogP) is 3.24. The fourth-order valence-corrected chi connectivity index (χ4v) is 2.57. The second-order valence-corrected chi connectivity index (χ2v) is 5.62. The van der Waals surface area contributed by atoms with E-state index in [2.05, 4.69) is 4.98 Å². The van der Waals surface area contributed by atoms with Gasteiger partial charge in [0, 0.05) is 11.3 Å². The van der Waals surface area contributed by atoms with Crippen molar-refractivity contribution < 1.29 is 23.9 Å². The van der Waals surface area contributed by atoms with E-state index in [9.17, 15) is 14.4 Å². The molecule has 0 fully saturated rings. The monoisotopic (exact) mass is 343 g/mol. The Morgan fingerprint density at radius 1 is 1.08 bits per heavy atom. The smallest absolute Gasteiger partial charge is 0.355 e. The van der Waals surface area contributed by atoms with Gasteiger partial charge < -0.3 is 14.5 Å². The van der Waals surface area contributed by atoms with Gasteiger partial charge >= 0.3 is 11.9 Å². The number of esters is 2. The molecule has 0 saturated heterocycles. The highest BCUT2D eigenvalue weighted by atomic mass is 16.5. The largest absolute Gasteiger partial charge is 0.461 e. The fraction of sp³-hybridized carbons (Fsp3) is 0.316. The number of aryl methyl sites for hydroxylation is 1. The quantitative estimate of drug-likeness (QED) is 0.643. The minimum absolute atomic E-state index is 0.216. The molecular weight excluding hydrogens is 322 g/mol. The number of aromatic amines is 1. The first-order valence-electron chi connectivity index (χ1n) is 8.03. The molecule has 6 nitrogen and oxygen atoms in total. The first-order chi connectivity index (χ1) is 11.9. The van der Waals surface area contributed by atoms with Crippen molar-refractivity contribution in [1.82, 2.24) is 4.98 Å². The highest BCUT2D eigenvalue weighted by molar-refractivity contribution is 6.03. The Labute approximate surface area is 146 Å². The van der Waals surface area contributed by atoms with E-state index in [4.69, 9.17) is 9.47 Å². The van der Waals surface area contributed by atoms with Crippen LogP contribution in [-0.2, 0) is 9.47 Å². The molecule has 0 bridgehead atoms. The summed E-state index contributed by atoms with van der Waals surface area (Å²) in [6.07, 6.45) is -0.936. The Kier molecular flexibility index (Phi) is 5.75. The van der Waals surface area contributed by atoms with Gasteiger partial charge in [0.15, 0.2) is 6.10 Å². The van der Waals surface area contributed by atoms with Crippen LogP contribution in [0.5, 0.6) is 0 Å². The van der Waals surface area contributed by atoms with Gasteiger partial charge in [-0.05, 0) is 33.3 Å². The lowest BCUT2D eigenvalue weighted by atomic mass is 10.1. The molecule has 0 saturated carbocycles. The van der Waals surface area contributed by atoms with Crippen LogP contribution in [0.4, 0.5) is 0 Å². The minimum atomic E-state index is -0.936. The molecule has 2 rings (SSSR count). The van der Waals surface area contributed by atoms with E-state index in [1.165, 1.54) is 6.92 Å². The second-order valence-electron chi connectivity index (χ2n) is 5.62. The molecule has 25 heavy (non-hydrogen) atoms. The lowest BCUT2D eigenvalue weighted by molar-refractivity contribution is 0.0317. The molecule has 1 N–H and O–H groups in total. The summed E-state index contributed by atoms with van der Waals surface area (Å²) in [6.45, 7) is 6.76. The van der Waals surface area contributed by atoms with Gasteiger partial charge in [-0.1, -0.05) is 30.3 Å². The molecule has 1 atom stereocenters. The number of ether oxygens (including phenoxy) is 2. The molecule has 132 valence electrons. The van der Waals surface area contributed by atoms with Gasteiger partial charge in [-0.2, -0.15) is 0 Å². The maximum Gasteiger partial charge on any atom is 0.355 e. The summed E-state index contributed by atoms with van der Waals surface area (Å²) >= 11 is 0. The van der Waals surface area contributed by atoms with E-state index in [1.807, 2.05) is 0 Å². The number of hydrogen-bond acceptors (Lipinski definition) is 5. The van der Waals surface area contributed by atoms with E-state index < -0.39 is 18.0 Å². The van der Waals surface area contributed by atoms with Gasteiger partial charge in [0.2, 0.25) is 5.78 Å². The number of rotatable bonds is 6. The standard InChI is InChI=1S/C19H21NO5/c1-5-24-19(23)16-11(2)15(12(3)20-16)18(22)25-13(4)17(21)14-9-7-6-8-10-14/h6-10,13,20H,5H2,1-4H3/t13-/m1/s1. The first-order valence-corrected chi connectivity index (χ1v) is 8.03. The summed E-state index contributed by atoms with van der Waals surface area (Å²) in [5.74, 6) is -1.47. The van der Waals surface area contributed by atoms with Crippen LogP contribution in [0.15, 0.2) is 30.3 Å². The van der Waals surface area contributed by atoms with Gasteiger partial charge in [0.25, 0.3) is 0 Å². The molecule has 0 aliphatic rings.